The molecule has 86 heavy (non-hydrogen) atoms. The molecule has 452 valence electrons. The second kappa shape index (κ2) is 28.7. The lowest BCUT2D eigenvalue weighted by atomic mass is 10.1. The van der Waals surface area contributed by atoms with E-state index < -0.39 is 35.7 Å². The first-order valence-electron chi connectivity index (χ1n) is 27.2. The fraction of sp³-hybridized carbons (Fsp3) is 0.311. The summed E-state index contributed by atoms with van der Waals surface area (Å²) in [6, 6.07) is 24.1. The normalized spacial score (nSPS) is 14.6. The Balaban J connectivity index is 0.000000247. The van der Waals surface area contributed by atoms with Crippen LogP contribution in [0.15, 0.2) is 123 Å². The van der Waals surface area contributed by atoms with E-state index in [1.807, 2.05) is 84.3 Å². The molecule has 2 aliphatic rings. The zero-order valence-electron chi connectivity index (χ0n) is 49.8. The zero-order chi connectivity index (χ0) is 62.2. The number of anilines is 12. The number of aromatic nitrogens is 4. The van der Waals surface area contributed by atoms with E-state index in [0.29, 0.717) is 84.0 Å². The van der Waals surface area contributed by atoms with Crippen LogP contribution in [0.2, 0.25) is 0 Å². The van der Waals surface area contributed by atoms with E-state index in [9.17, 15) is 28.8 Å². The van der Waals surface area contributed by atoms with Gasteiger partial charge in [0.2, 0.25) is 29.6 Å². The molecule has 25 nitrogen and oxygen atoms in total. The summed E-state index contributed by atoms with van der Waals surface area (Å²) < 4.78 is 26.8. The van der Waals surface area contributed by atoms with E-state index in [0.717, 1.165) is 33.9 Å². The van der Waals surface area contributed by atoms with E-state index in [1.165, 1.54) is 43.1 Å². The fourth-order valence-electron chi connectivity index (χ4n) is 9.09. The summed E-state index contributed by atoms with van der Waals surface area (Å²) >= 11 is 0. The van der Waals surface area contributed by atoms with Crippen molar-refractivity contribution in [1.82, 2.24) is 29.7 Å². The maximum Gasteiger partial charge on any atom is 0.411 e. The van der Waals surface area contributed by atoms with Crippen molar-refractivity contribution < 1.29 is 52.5 Å². The molecular weight excluding hydrogens is 1100 g/mol. The average molecular weight is 1180 g/mol. The fourth-order valence-corrected chi connectivity index (χ4v) is 9.09. The zero-order valence-corrected chi connectivity index (χ0v) is 49.8. The predicted molar refractivity (Wildman–Crippen MR) is 330 cm³/mol. The van der Waals surface area contributed by atoms with E-state index in [-0.39, 0.29) is 30.8 Å². The minimum absolute atomic E-state index is 0.170. The number of esters is 2. The van der Waals surface area contributed by atoms with Gasteiger partial charge in [0, 0.05) is 116 Å². The summed E-state index contributed by atoms with van der Waals surface area (Å²) in [5.74, 6) is 1.18. The van der Waals surface area contributed by atoms with Crippen LogP contribution in [-0.2, 0) is 38.2 Å². The van der Waals surface area contributed by atoms with Gasteiger partial charge in [0.15, 0.2) is 6.04 Å². The van der Waals surface area contributed by atoms with Crippen molar-refractivity contribution in [3.05, 3.63) is 134 Å². The standard InChI is InChI=1S/C32H39N7O6.C29H33N7O5/c1-8-27(40)34-21-10-9-11-22(16-21)35-28-20(2)18-33-30(37-28)36-24-13-12-23(17-26(24)43-6)38-14-15-39(25(19-38)29(41)44-7)31(42)45-32(3,4)5;1-6-26(38)31-20-8-7-9-21(14-20)32-27-18(2)16-30-29(34-27)33-23-11-10-22(15-25(23)40-4)35-12-13-36(19(3)37)24(17-35)28(39)41-5/h8-13,16-18,25H,1,14-15,19H2,2-7H3,(H,34,40)(H2,33,35,36,37);6-11,14-16,24H,1,12-13,17H2,2-5H3,(H,31,38)(H2,30,32,33,34)/t25-;24-/m00/s1. The summed E-state index contributed by atoms with van der Waals surface area (Å²) in [4.78, 5) is 98.3. The Morgan fingerprint density at radius 2 is 0.988 bits per heavy atom. The lowest BCUT2D eigenvalue weighted by Gasteiger charge is -2.41. The molecule has 2 fully saturated rings. The van der Waals surface area contributed by atoms with Crippen molar-refractivity contribution >= 4 is 105 Å². The third kappa shape index (κ3) is 16.6. The van der Waals surface area contributed by atoms with Crippen LogP contribution < -0.4 is 51.2 Å². The van der Waals surface area contributed by atoms with Gasteiger partial charge in [-0.2, -0.15) is 9.97 Å². The molecule has 2 aliphatic heterocycles. The first-order valence-corrected chi connectivity index (χ1v) is 27.2. The Hall–Kier alpha value is -10.5. The monoisotopic (exact) mass is 1180 g/mol. The highest BCUT2D eigenvalue weighted by molar-refractivity contribution is 6.00. The van der Waals surface area contributed by atoms with Crippen molar-refractivity contribution in [2.75, 3.05) is 109 Å². The van der Waals surface area contributed by atoms with Crippen LogP contribution in [0.1, 0.15) is 38.8 Å². The van der Waals surface area contributed by atoms with Gasteiger partial charge in [-0.1, -0.05) is 25.3 Å². The van der Waals surface area contributed by atoms with E-state index in [2.05, 4.69) is 65.0 Å². The van der Waals surface area contributed by atoms with Gasteiger partial charge in [-0.15, -0.1) is 0 Å². The first-order chi connectivity index (χ1) is 41.1. The van der Waals surface area contributed by atoms with E-state index in [4.69, 9.17) is 23.7 Å². The molecule has 0 unspecified atom stereocenters. The number of nitrogens with one attached hydrogen (secondary N) is 6. The molecule has 0 saturated carbocycles. The highest BCUT2D eigenvalue weighted by Crippen LogP contribution is 2.36. The molecule has 8 rings (SSSR count). The molecular formula is C61H72N14O11. The second-order valence-corrected chi connectivity index (χ2v) is 20.6. The molecule has 0 spiro atoms. The van der Waals surface area contributed by atoms with Crippen LogP contribution in [0.4, 0.5) is 73.8 Å². The number of hydrogen-bond donors (Lipinski definition) is 6. The second-order valence-electron chi connectivity index (χ2n) is 20.6. The number of carbonyl (C=O) groups is 6. The SMILES string of the molecule is C=CC(=O)Nc1cccc(Nc2nc(Nc3ccc(N4CCN(C(=O)OC(C)(C)C)[C@H](C(=O)OC)C4)cc3OC)ncc2C)c1.C=CC(=O)Nc1cccc(Nc2nc(Nc3ccc(N4CCN(C(C)=O)[C@H](C(=O)OC)C4)cc3OC)ncc2C)c1. The van der Waals surface area contributed by atoms with Gasteiger partial charge in [0.25, 0.3) is 0 Å². The number of aryl methyl sites for hydroxylation is 2. The Labute approximate surface area is 499 Å². The largest absolute Gasteiger partial charge is 0.494 e. The Morgan fingerprint density at radius 1 is 0.570 bits per heavy atom. The van der Waals surface area contributed by atoms with Crippen LogP contribution in [0.25, 0.3) is 0 Å². The molecule has 0 radical (unpaired) electrons. The number of ether oxygens (including phenoxy) is 5. The van der Waals surface area contributed by atoms with Crippen molar-refractivity contribution in [2.45, 2.75) is 59.2 Å². The van der Waals surface area contributed by atoms with Gasteiger partial charge in [-0.25, -0.2) is 24.4 Å². The molecule has 6 N–H and O–H groups in total. The summed E-state index contributed by atoms with van der Waals surface area (Å²) in [5, 5.41) is 18.4. The molecule has 6 aromatic rings. The van der Waals surface area contributed by atoms with Gasteiger partial charge in [0.05, 0.1) is 39.8 Å². The van der Waals surface area contributed by atoms with Crippen LogP contribution in [-0.4, -0.2) is 151 Å². The number of methoxy groups -OCH3 is 4. The van der Waals surface area contributed by atoms with Crippen LogP contribution in [0, 0.1) is 13.8 Å². The van der Waals surface area contributed by atoms with Gasteiger partial charge in [-0.3, -0.25) is 19.3 Å². The van der Waals surface area contributed by atoms with Crippen molar-refractivity contribution in [2.24, 2.45) is 0 Å². The van der Waals surface area contributed by atoms with Gasteiger partial charge in [-0.05, 0) is 107 Å². The van der Waals surface area contributed by atoms with E-state index >= 15 is 0 Å². The lowest BCUT2D eigenvalue weighted by Crippen LogP contribution is -2.59. The average Bonchev–Trinajstić information content (AvgIpc) is 2.16. The summed E-state index contributed by atoms with van der Waals surface area (Å²) in [7, 11) is 5.74. The third-order valence-corrected chi connectivity index (χ3v) is 13.4. The smallest absolute Gasteiger partial charge is 0.411 e. The van der Waals surface area contributed by atoms with Crippen LogP contribution in [0.5, 0.6) is 11.5 Å². The van der Waals surface area contributed by atoms with Gasteiger partial charge < -0.3 is 70.3 Å². The number of piperazine rings is 2. The van der Waals surface area contributed by atoms with E-state index in [1.54, 1.807) is 71.6 Å². The molecule has 25 heteroatoms. The number of rotatable bonds is 18. The topological polar surface area (TPSA) is 285 Å². The number of benzene rings is 4. The number of carbonyl (C=O) groups excluding carboxylic acids is 6. The highest BCUT2D eigenvalue weighted by atomic mass is 16.6. The number of hydrogen-bond acceptors (Lipinski definition) is 21. The maximum atomic E-state index is 12.8. The molecule has 0 aliphatic carbocycles. The minimum atomic E-state index is -0.840. The van der Waals surface area contributed by atoms with Gasteiger partial charge >= 0.3 is 18.0 Å². The maximum absolute atomic E-state index is 12.8. The predicted octanol–water partition coefficient (Wildman–Crippen LogP) is 8.62. The summed E-state index contributed by atoms with van der Waals surface area (Å²) in [5.41, 5.74) is 6.54. The van der Waals surface area contributed by atoms with Gasteiger partial charge in [0.1, 0.15) is 34.8 Å². The number of nitrogens with zero attached hydrogens (tertiary/aromatic N) is 8. The molecule has 2 saturated heterocycles. The minimum Gasteiger partial charge on any atom is -0.494 e. The highest BCUT2D eigenvalue weighted by Gasteiger charge is 2.39. The van der Waals surface area contributed by atoms with Crippen molar-refractivity contribution in [3.8, 4) is 11.5 Å². The number of amides is 4. The molecule has 4 aromatic carbocycles. The van der Waals surface area contributed by atoms with Crippen molar-refractivity contribution in [1.29, 1.82) is 0 Å². The lowest BCUT2D eigenvalue weighted by molar-refractivity contribution is -0.152. The molecule has 4 heterocycles. The molecule has 2 atom stereocenters. The Morgan fingerprint density at radius 3 is 1.38 bits per heavy atom. The first kappa shape index (κ1) is 63.1. The van der Waals surface area contributed by atoms with Crippen LogP contribution in [0.3, 0.4) is 0 Å². The Kier molecular flexibility index (Phi) is 21.1. The quantitative estimate of drug-likeness (QED) is 0.0267. The van der Waals surface area contributed by atoms with Crippen molar-refractivity contribution in [3.63, 3.8) is 0 Å². The third-order valence-electron chi connectivity index (χ3n) is 13.4. The molecule has 4 amide bonds. The summed E-state index contributed by atoms with van der Waals surface area (Å²) in [6.45, 7) is 19.7. The molecule has 0 bridgehead atoms. The van der Waals surface area contributed by atoms with Crippen LogP contribution >= 0.6 is 0 Å². The Bertz CT molecular complexity index is 3480. The summed E-state index contributed by atoms with van der Waals surface area (Å²) in [6.07, 6.45) is 5.25. The molecule has 2 aromatic heterocycles.